The van der Waals surface area contributed by atoms with Gasteiger partial charge in [0.05, 0.1) is 33.4 Å². The van der Waals surface area contributed by atoms with Crippen LogP contribution in [0.3, 0.4) is 0 Å². The number of methoxy groups -OCH3 is 3. The van der Waals surface area contributed by atoms with Crippen LogP contribution in [0, 0.1) is 0 Å². The number of aryl methyl sites for hydroxylation is 1. The number of hydrogen-bond donors (Lipinski definition) is 1. The molecule has 210 valence electrons. The van der Waals surface area contributed by atoms with Crippen LogP contribution in [-0.2, 0) is 17.6 Å². The van der Waals surface area contributed by atoms with Gasteiger partial charge in [0, 0.05) is 41.6 Å². The Morgan fingerprint density at radius 1 is 0.923 bits per heavy atom. The lowest BCUT2D eigenvalue weighted by Crippen LogP contribution is -2.25. The van der Waals surface area contributed by atoms with E-state index in [1.165, 1.54) is 6.92 Å². The maximum absolute atomic E-state index is 11.3. The van der Waals surface area contributed by atoms with E-state index >= 15 is 0 Å². The van der Waals surface area contributed by atoms with Gasteiger partial charge in [-0.2, -0.15) is 0 Å². The van der Waals surface area contributed by atoms with Gasteiger partial charge >= 0.3 is 0 Å². The number of aromatic nitrogens is 2. The molecule has 8 nitrogen and oxygen atoms in total. The van der Waals surface area contributed by atoms with Crippen molar-refractivity contribution in [3.63, 3.8) is 0 Å². The Labute approximate surface area is 241 Å². The molecule has 2 aromatic heterocycles. The van der Waals surface area contributed by atoms with E-state index in [1.807, 2.05) is 36.5 Å². The zero-order valence-corrected chi connectivity index (χ0v) is 24.5. The van der Waals surface area contributed by atoms with Crippen molar-refractivity contribution in [1.29, 1.82) is 0 Å². The highest BCUT2D eigenvalue weighted by Crippen LogP contribution is 2.36. The van der Waals surface area contributed by atoms with E-state index in [-0.39, 0.29) is 30.7 Å². The maximum Gasteiger partial charge on any atom is 0.217 e. The van der Waals surface area contributed by atoms with Crippen molar-refractivity contribution in [3.05, 3.63) is 59.4 Å². The van der Waals surface area contributed by atoms with Gasteiger partial charge in [-0.05, 0) is 53.8 Å². The molecule has 0 saturated carbocycles. The summed E-state index contributed by atoms with van der Waals surface area (Å²) in [5.41, 5.74) is 3.75. The molecule has 0 saturated heterocycles. The number of nitrogens with one attached hydrogen (secondary N) is 1. The number of fused-ring (bicyclic) bond motifs is 2. The number of carbonyl (C=O) groups excluding carboxylic acids is 1. The molecule has 1 amide bonds. The summed E-state index contributed by atoms with van der Waals surface area (Å²) in [5, 5.41) is 5.80. The third kappa shape index (κ3) is 7.34. The first kappa shape index (κ1) is 31.7. The van der Waals surface area contributed by atoms with Crippen molar-refractivity contribution in [3.8, 4) is 23.1 Å². The third-order valence-corrected chi connectivity index (χ3v) is 6.20. The highest BCUT2D eigenvalue weighted by atomic mass is 35.5. The highest BCUT2D eigenvalue weighted by molar-refractivity contribution is 5.91. The largest absolute Gasteiger partial charge is 0.497 e. The van der Waals surface area contributed by atoms with Crippen molar-refractivity contribution in [1.82, 2.24) is 15.3 Å². The predicted molar refractivity (Wildman–Crippen MR) is 159 cm³/mol. The molecule has 0 unspecified atom stereocenters. The quantitative estimate of drug-likeness (QED) is 0.229. The lowest BCUT2D eigenvalue weighted by atomic mass is 9.97. The van der Waals surface area contributed by atoms with E-state index in [2.05, 4.69) is 18.3 Å². The minimum Gasteiger partial charge on any atom is -0.497 e. The summed E-state index contributed by atoms with van der Waals surface area (Å²) in [5.74, 6) is 2.52. The van der Waals surface area contributed by atoms with Gasteiger partial charge in [0.1, 0.15) is 12.4 Å². The van der Waals surface area contributed by atoms with Crippen LogP contribution in [0.1, 0.15) is 37.1 Å². The van der Waals surface area contributed by atoms with Crippen LogP contribution >= 0.6 is 24.8 Å². The van der Waals surface area contributed by atoms with E-state index < -0.39 is 0 Å². The van der Waals surface area contributed by atoms with Gasteiger partial charge in [-0.3, -0.25) is 9.78 Å². The standard InChI is InChI=1S/C29H33N3O5.2ClH/c1-6-7-26-24-16-28(36-5)27(35-4)15-23(24)21(17-31-26)13-20-12-19-14-22(34-3)8-9-25(19)32-29(20)37-11-10-30-18(2)33;;/h8-9,12,14-17H,6-7,10-11,13H2,1-5H3,(H,30,33);2*1H. The summed E-state index contributed by atoms with van der Waals surface area (Å²) >= 11 is 0. The molecule has 4 rings (SSSR count). The molecule has 2 heterocycles. The second-order valence-corrected chi connectivity index (χ2v) is 8.75. The van der Waals surface area contributed by atoms with Gasteiger partial charge in [0.25, 0.3) is 0 Å². The van der Waals surface area contributed by atoms with Gasteiger partial charge in [-0.15, -0.1) is 24.8 Å². The molecule has 0 radical (unpaired) electrons. The summed E-state index contributed by atoms with van der Waals surface area (Å²) in [4.78, 5) is 20.9. The minimum atomic E-state index is -0.100. The Morgan fingerprint density at radius 3 is 2.28 bits per heavy atom. The lowest BCUT2D eigenvalue weighted by molar-refractivity contribution is -0.119. The summed E-state index contributed by atoms with van der Waals surface area (Å²) in [6.07, 6.45) is 4.32. The van der Waals surface area contributed by atoms with Gasteiger partial charge in [0.15, 0.2) is 11.5 Å². The predicted octanol–water partition coefficient (Wildman–Crippen LogP) is 5.71. The second kappa shape index (κ2) is 14.6. The molecule has 10 heteroatoms. The number of hydrogen-bond acceptors (Lipinski definition) is 7. The molecule has 0 spiro atoms. The zero-order chi connectivity index (χ0) is 26.4. The molecule has 2 aromatic carbocycles. The first-order chi connectivity index (χ1) is 18.0. The first-order valence-corrected chi connectivity index (χ1v) is 12.3. The number of rotatable bonds is 11. The fourth-order valence-electron chi connectivity index (χ4n) is 4.39. The Morgan fingerprint density at radius 2 is 1.64 bits per heavy atom. The fraction of sp³-hybridized carbons (Fsp3) is 0.345. The van der Waals surface area contributed by atoms with Crippen LogP contribution in [0.4, 0.5) is 0 Å². The molecule has 0 aliphatic rings. The Bertz CT molecular complexity index is 1430. The first-order valence-electron chi connectivity index (χ1n) is 12.3. The summed E-state index contributed by atoms with van der Waals surface area (Å²) in [6.45, 7) is 4.32. The average molecular weight is 577 g/mol. The highest BCUT2D eigenvalue weighted by Gasteiger charge is 2.16. The maximum atomic E-state index is 11.3. The topological polar surface area (TPSA) is 91.8 Å². The number of pyridine rings is 2. The van der Waals surface area contributed by atoms with Crippen LogP contribution in [0.25, 0.3) is 21.7 Å². The monoisotopic (exact) mass is 575 g/mol. The molecular weight excluding hydrogens is 541 g/mol. The van der Waals surface area contributed by atoms with Crippen LogP contribution in [-0.4, -0.2) is 50.4 Å². The Balaban J connectivity index is 0.00000267. The molecule has 39 heavy (non-hydrogen) atoms. The third-order valence-electron chi connectivity index (χ3n) is 6.20. The van der Waals surface area contributed by atoms with E-state index in [0.717, 1.165) is 57.1 Å². The average Bonchev–Trinajstić information content (AvgIpc) is 2.91. The van der Waals surface area contributed by atoms with Crippen molar-refractivity contribution in [2.24, 2.45) is 0 Å². The summed E-state index contributed by atoms with van der Waals surface area (Å²) < 4.78 is 22.7. The van der Waals surface area contributed by atoms with Crippen molar-refractivity contribution in [2.45, 2.75) is 33.1 Å². The van der Waals surface area contributed by atoms with Gasteiger partial charge < -0.3 is 24.3 Å². The van der Waals surface area contributed by atoms with Crippen LogP contribution in [0.15, 0.2) is 42.6 Å². The Kier molecular flexibility index (Phi) is 11.9. The second-order valence-electron chi connectivity index (χ2n) is 8.75. The number of ether oxygens (including phenoxy) is 4. The zero-order valence-electron chi connectivity index (χ0n) is 22.8. The number of carbonyl (C=O) groups is 1. The van der Waals surface area contributed by atoms with E-state index in [1.54, 1.807) is 21.3 Å². The van der Waals surface area contributed by atoms with Gasteiger partial charge in [0.2, 0.25) is 11.8 Å². The van der Waals surface area contributed by atoms with Gasteiger partial charge in [-0.1, -0.05) is 13.3 Å². The lowest BCUT2D eigenvalue weighted by Gasteiger charge is -2.16. The molecular formula is C29H35Cl2N3O5. The van der Waals surface area contributed by atoms with Crippen LogP contribution in [0.5, 0.6) is 23.1 Å². The smallest absolute Gasteiger partial charge is 0.217 e. The number of halogens is 2. The van der Waals surface area contributed by atoms with E-state index in [0.29, 0.717) is 37.0 Å². The molecule has 1 N–H and O–H groups in total. The molecule has 0 atom stereocenters. The van der Waals surface area contributed by atoms with Crippen molar-refractivity contribution < 1.29 is 23.7 Å². The summed E-state index contributed by atoms with van der Waals surface area (Å²) in [6, 6.07) is 11.8. The van der Waals surface area contributed by atoms with Crippen molar-refractivity contribution in [2.75, 3.05) is 34.5 Å². The Hall–Kier alpha value is -3.49. The summed E-state index contributed by atoms with van der Waals surface area (Å²) in [7, 11) is 4.92. The molecule has 0 aliphatic carbocycles. The van der Waals surface area contributed by atoms with E-state index in [9.17, 15) is 4.79 Å². The van der Waals surface area contributed by atoms with Crippen molar-refractivity contribution >= 4 is 52.4 Å². The SMILES string of the molecule is CCCc1ncc(Cc2cc3cc(OC)ccc3nc2OCCNC(C)=O)c2cc(OC)c(OC)cc12.Cl.Cl. The molecule has 0 fully saturated rings. The number of amides is 1. The van der Waals surface area contributed by atoms with Crippen LogP contribution in [0.2, 0.25) is 0 Å². The van der Waals surface area contributed by atoms with Crippen LogP contribution < -0.4 is 24.3 Å². The molecule has 0 bridgehead atoms. The minimum absolute atomic E-state index is 0. The van der Waals surface area contributed by atoms with E-state index in [4.69, 9.17) is 28.9 Å². The number of benzene rings is 2. The van der Waals surface area contributed by atoms with Gasteiger partial charge in [-0.25, -0.2) is 4.98 Å². The molecule has 0 aliphatic heterocycles. The fourth-order valence-corrected chi connectivity index (χ4v) is 4.39. The number of nitrogens with zero attached hydrogens (tertiary/aromatic N) is 2. The molecule has 4 aromatic rings. The normalized spacial score (nSPS) is 10.4.